The molecule has 7 heteroatoms. The first-order chi connectivity index (χ1) is 12.2. The quantitative estimate of drug-likeness (QED) is 0.728. The zero-order chi connectivity index (χ0) is 17.0. The lowest BCUT2D eigenvalue weighted by atomic mass is 10.2. The van der Waals surface area contributed by atoms with Crippen LogP contribution in [-0.4, -0.2) is 32.5 Å². The lowest BCUT2D eigenvalue weighted by molar-refractivity contribution is 0.0698. The van der Waals surface area contributed by atoms with Gasteiger partial charge in [0.05, 0.1) is 6.04 Å². The monoisotopic (exact) mass is 338 g/mol. The molecule has 1 atom stereocenters. The van der Waals surface area contributed by atoms with E-state index in [-0.39, 0.29) is 11.9 Å². The number of likely N-dealkylation sites (tertiary alicyclic amines) is 1. The van der Waals surface area contributed by atoms with Crippen LogP contribution in [0, 0.1) is 6.92 Å². The molecule has 0 radical (unpaired) electrons. The topological polar surface area (TPSA) is 85.3 Å². The number of amides is 1. The molecule has 0 bridgehead atoms. The molecule has 0 spiro atoms. The van der Waals surface area contributed by atoms with E-state index in [1.807, 2.05) is 19.1 Å². The van der Waals surface area contributed by atoms with Gasteiger partial charge in [-0.1, -0.05) is 5.16 Å². The Kier molecular flexibility index (Phi) is 3.16. The molecule has 2 fully saturated rings. The average Bonchev–Trinajstić information content (AvgIpc) is 3.04. The standard InChI is InChI=1S/C18H18N4O3/c1-10-4-7-14-12(19-10)9-15(24-14)18(23)22-8-2-3-13(22)16-20-17(25-21-16)11-5-6-11/h4,7,9,11,13H,2-3,5-6,8H2,1H3. The number of pyridine rings is 1. The first-order valence-electron chi connectivity index (χ1n) is 8.71. The molecule has 4 heterocycles. The molecule has 0 N–H and O–H groups in total. The molecule has 0 aromatic carbocycles. The number of carbonyl (C=O) groups is 1. The molecule has 128 valence electrons. The van der Waals surface area contributed by atoms with E-state index in [1.54, 1.807) is 11.0 Å². The van der Waals surface area contributed by atoms with E-state index in [9.17, 15) is 4.79 Å². The molecule has 3 aromatic heterocycles. The summed E-state index contributed by atoms with van der Waals surface area (Å²) in [5.41, 5.74) is 2.22. The summed E-state index contributed by atoms with van der Waals surface area (Å²) in [6.07, 6.45) is 3.98. The van der Waals surface area contributed by atoms with Crippen molar-refractivity contribution < 1.29 is 13.7 Å². The van der Waals surface area contributed by atoms with Gasteiger partial charge in [-0.3, -0.25) is 4.79 Å². The van der Waals surface area contributed by atoms with Gasteiger partial charge in [0.2, 0.25) is 5.89 Å². The Balaban J connectivity index is 1.44. The lowest BCUT2D eigenvalue weighted by Crippen LogP contribution is -2.30. The predicted octanol–water partition coefficient (Wildman–Crippen LogP) is 3.37. The highest BCUT2D eigenvalue weighted by Gasteiger charge is 2.37. The van der Waals surface area contributed by atoms with Crippen LogP contribution in [0.5, 0.6) is 0 Å². The van der Waals surface area contributed by atoms with Crippen molar-refractivity contribution in [3.8, 4) is 0 Å². The lowest BCUT2D eigenvalue weighted by Gasteiger charge is -2.20. The Morgan fingerprint density at radius 2 is 2.12 bits per heavy atom. The van der Waals surface area contributed by atoms with Crippen LogP contribution >= 0.6 is 0 Å². The Labute approximate surface area is 144 Å². The number of nitrogens with zero attached hydrogens (tertiary/aromatic N) is 4. The van der Waals surface area contributed by atoms with Crippen LogP contribution in [0.15, 0.2) is 27.1 Å². The minimum absolute atomic E-state index is 0.143. The fourth-order valence-electron chi connectivity index (χ4n) is 3.43. The minimum Gasteiger partial charge on any atom is -0.449 e. The Morgan fingerprint density at radius 1 is 1.24 bits per heavy atom. The second kappa shape index (κ2) is 5.40. The van der Waals surface area contributed by atoms with E-state index in [0.29, 0.717) is 41.0 Å². The molecule has 3 aromatic rings. The van der Waals surface area contributed by atoms with Gasteiger partial charge in [-0.15, -0.1) is 0 Å². The second-order valence-electron chi connectivity index (χ2n) is 6.87. The Morgan fingerprint density at radius 3 is 2.96 bits per heavy atom. The fraction of sp³-hybridized carbons (Fsp3) is 0.444. The summed E-state index contributed by atoms with van der Waals surface area (Å²) < 4.78 is 11.1. The van der Waals surface area contributed by atoms with Crippen LogP contribution in [-0.2, 0) is 0 Å². The molecule has 1 saturated heterocycles. The molecule has 1 amide bonds. The number of carbonyl (C=O) groups excluding carboxylic acids is 1. The number of aromatic nitrogens is 3. The fourth-order valence-corrected chi connectivity index (χ4v) is 3.43. The summed E-state index contributed by atoms with van der Waals surface area (Å²) in [5, 5.41) is 4.12. The summed E-state index contributed by atoms with van der Waals surface area (Å²) in [6, 6.07) is 5.28. The zero-order valence-electron chi connectivity index (χ0n) is 13.9. The zero-order valence-corrected chi connectivity index (χ0v) is 13.9. The maximum atomic E-state index is 13.0. The highest BCUT2D eigenvalue weighted by atomic mass is 16.5. The van der Waals surface area contributed by atoms with Crippen molar-refractivity contribution in [3.63, 3.8) is 0 Å². The molecule has 1 saturated carbocycles. The number of rotatable bonds is 3. The number of aryl methyl sites for hydroxylation is 1. The number of hydrogen-bond acceptors (Lipinski definition) is 6. The normalized spacial score (nSPS) is 20.5. The van der Waals surface area contributed by atoms with Crippen LogP contribution < -0.4 is 0 Å². The first kappa shape index (κ1) is 14.6. The maximum Gasteiger partial charge on any atom is 0.290 e. The summed E-state index contributed by atoms with van der Waals surface area (Å²) in [7, 11) is 0. The first-order valence-corrected chi connectivity index (χ1v) is 8.71. The van der Waals surface area contributed by atoms with Gasteiger partial charge in [0.1, 0.15) is 5.52 Å². The maximum absolute atomic E-state index is 13.0. The van der Waals surface area contributed by atoms with E-state index in [4.69, 9.17) is 8.94 Å². The third kappa shape index (κ3) is 2.50. The molecule has 5 rings (SSSR count). The molecule has 25 heavy (non-hydrogen) atoms. The SMILES string of the molecule is Cc1ccc2oc(C(=O)N3CCCC3c3noc(C4CC4)n3)cc2n1. The van der Waals surface area contributed by atoms with Crippen LogP contribution in [0.1, 0.15) is 65.6 Å². The average molecular weight is 338 g/mol. The molecule has 1 aliphatic heterocycles. The number of fused-ring (bicyclic) bond motifs is 1. The van der Waals surface area contributed by atoms with Crippen molar-refractivity contribution in [1.82, 2.24) is 20.0 Å². The van der Waals surface area contributed by atoms with Crippen molar-refractivity contribution in [3.05, 3.63) is 41.4 Å². The highest BCUT2D eigenvalue weighted by Crippen LogP contribution is 2.40. The second-order valence-corrected chi connectivity index (χ2v) is 6.87. The molecule has 7 nitrogen and oxygen atoms in total. The molecular weight excluding hydrogens is 320 g/mol. The van der Waals surface area contributed by atoms with E-state index in [0.717, 1.165) is 31.4 Å². The highest BCUT2D eigenvalue weighted by molar-refractivity contribution is 5.95. The van der Waals surface area contributed by atoms with Crippen LogP contribution in [0.25, 0.3) is 11.1 Å². The smallest absolute Gasteiger partial charge is 0.290 e. The van der Waals surface area contributed by atoms with Gasteiger partial charge in [0.25, 0.3) is 5.91 Å². The van der Waals surface area contributed by atoms with E-state index in [1.165, 1.54) is 0 Å². The third-order valence-corrected chi connectivity index (χ3v) is 4.92. The van der Waals surface area contributed by atoms with E-state index in [2.05, 4.69) is 15.1 Å². The molecule has 2 aliphatic rings. The van der Waals surface area contributed by atoms with Gasteiger partial charge >= 0.3 is 0 Å². The largest absolute Gasteiger partial charge is 0.449 e. The Hall–Kier alpha value is -2.70. The van der Waals surface area contributed by atoms with Crippen molar-refractivity contribution >= 4 is 17.0 Å². The number of hydrogen-bond donors (Lipinski definition) is 0. The van der Waals surface area contributed by atoms with Gasteiger partial charge in [-0.25, -0.2) is 4.98 Å². The van der Waals surface area contributed by atoms with Crippen LogP contribution in [0.2, 0.25) is 0 Å². The van der Waals surface area contributed by atoms with E-state index < -0.39 is 0 Å². The van der Waals surface area contributed by atoms with Gasteiger partial charge in [0.15, 0.2) is 17.2 Å². The van der Waals surface area contributed by atoms with E-state index >= 15 is 0 Å². The summed E-state index contributed by atoms with van der Waals surface area (Å²) >= 11 is 0. The van der Waals surface area contributed by atoms with Gasteiger partial charge in [-0.05, 0) is 44.7 Å². The van der Waals surface area contributed by atoms with Crippen LogP contribution in [0.4, 0.5) is 0 Å². The van der Waals surface area contributed by atoms with Crippen molar-refractivity contribution in [2.45, 2.75) is 44.6 Å². The molecular formula is C18H18N4O3. The van der Waals surface area contributed by atoms with Crippen LogP contribution in [0.3, 0.4) is 0 Å². The molecule has 1 aliphatic carbocycles. The summed E-state index contributed by atoms with van der Waals surface area (Å²) in [4.78, 5) is 23.7. The molecule has 1 unspecified atom stereocenters. The van der Waals surface area contributed by atoms with Crippen molar-refractivity contribution in [1.29, 1.82) is 0 Å². The predicted molar refractivity (Wildman–Crippen MR) is 88.0 cm³/mol. The minimum atomic E-state index is -0.147. The van der Waals surface area contributed by atoms with Crippen molar-refractivity contribution in [2.24, 2.45) is 0 Å². The van der Waals surface area contributed by atoms with Gasteiger partial charge in [0, 0.05) is 24.2 Å². The van der Waals surface area contributed by atoms with Gasteiger partial charge < -0.3 is 13.8 Å². The Bertz CT molecular complexity index is 956. The summed E-state index contributed by atoms with van der Waals surface area (Å²) in [6.45, 7) is 2.58. The third-order valence-electron chi connectivity index (χ3n) is 4.92. The van der Waals surface area contributed by atoms with Gasteiger partial charge in [-0.2, -0.15) is 4.98 Å². The number of furan rings is 1. The summed E-state index contributed by atoms with van der Waals surface area (Å²) in [5.74, 6) is 1.90. The van der Waals surface area contributed by atoms with Crippen molar-refractivity contribution in [2.75, 3.05) is 6.54 Å².